The van der Waals surface area contributed by atoms with Crippen molar-refractivity contribution in [1.82, 2.24) is 15.6 Å². The minimum absolute atomic E-state index is 0.0703. The molecule has 0 amide bonds. The van der Waals surface area contributed by atoms with Crippen LogP contribution < -0.4 is 20.4 Å². The first-order valence-corrected chi connectivity index (χ1v) is 13.4. The molecule has 6 nitrogen and oxygen atoms in total. The summed E-state index contributed by atoms with van der Waals surface area (Å²) in [6.07, 6.45) is 6.67. The first-order chi connectivity index (χ1) is 16.8. The van der Waals surface area contributed by atoms with Gasteiger partial charge in [0.25, 0.3) is 0 Å². The molecule has 2 aromatic rings. The number of fused-ring (bicyclic) bond motifs is 5. The van der Waals surface area contributed by atoms with Gasteiger partial charge in [-0.3, -0.25) is 4.90 Å². The van der Waals surface area contributed by atoms with Crippen LogP contribution in [0, 0.1) is 0 Å². The van der Waals surface area contributed by atoms with E-state index in [1.54, 1.807) is 0 Å². The third kappa shape index (κ3) is 3.66. The lowest BCUT2D eigenvalue weighted by atomic mass is 9.87. The predicted molar refractivity (Wildman–Crippen MR) is 141 cm³/mol. The molecule has 7 heteroatoms. The van der Waals surface area contributed by atoms with E-state index in [-0.39, 0.29) is 12.1 Å². The lowest BCUT2D eigenvalue weighted by molar-refractivity contribution is 0.286. The standard InChI is InChI=1S/C27H33N5OS/c1-2-6-19-20-9-10-23(31-16-5-13-28-14-17-31)30-25(20)32-21-7-3-4-8-22(21)34-26(32)24(19)27(11-12-27)29-15-18-33/h3-4,6-10,28-29,33H,2,5,11-18H2,1H3/b19-6+. The average molecular weight is 476 g/mol. The zero-order valence-electron chi connectivity index (χ0n) is 19.8. The van der Waals surface area contributed by atoms with Crippen molar-refractivity contribution in [3.05, 3.63) is 58.6 Å². The minimum Gasteiger partial charge on any atom is -0.395 e. The largest absolute Gasteiger partial charge is 0.395 e. The number of β-amino-alcohol motifs (C(OH)–C–C–N with tert-alkyl or cyclic N) is 1. The maximum absolute atomic E-state index is 9.56. The molecular formula is C27H33N5OS. The summed E-state index contributed by atoms with van der Waals surface area (Å²) in [6.45, 7) is 7.06. The van der Waals surface area contributed by atoms with Crippen molar-refractivity contribution in [2.75, 3.05) is 49.1 Å². The predicted octanol–water partition coefficient (Wildman–Crippen LogP) is 4.26. The Morgan fingerprint density at radius 1 is 1.18 bits per heavy atom. The number of allylic oxidation sites excluding steroid dienone is 1. The average Bonchev–Trinajstić information content (AvgIpc) is 3.61. The normalized spacial score (nSPS) is 21.9. The molecule has 0 atom stereocenters. The molecule has 1 saturated carbocycles. The van der Waals surface area contributed by atoms with Crippen molar-refractivity contribution in [2.24, 2.45) is 0 Å². The van der Waals surface area contributed by atoms with Crippen molar-refractivity contribution in [3.63, 3.8) is 0 Å². The summed E-state index contributed by atoms with van der Waals surface area (Å²) in [7, 11) is 0. The van der Waals surface area contributed by atoms with Crippen molar-refractivity contribution in [3.8, 4) is 0 Å². The number of anilines is 3. The van der Waals surface area contributed by atoms with Crippen LogP contribution in [0.15, 0.2) is 58.0 Å². The molecule has 2 fully saturated rings. The Balaban J connectivity index is 1.53. The van der Waals surface area contributed by atoms with Crippen LogP contribution in [0.3, 0.4) is 0 Å². The molecule has 3 aliphatic heterocycles. The van der Waals surface area contributed by atoms with Crippen LogP contribution in [0.5, 0.6) is 0 Å². The van der Waals surface area contributed by atoms with Crippen molar-refractivity contribution < 1.29 is 5.11 Å². The molecule has 0 bridgehead atoms. The number of rotatable bonds is 6. The first-order valence-electron chi connectivity index (χ1n) is 12.6. The molecule has 0 unspecified atom stereocenters. The third-order valence-corrected chi connectivity index (χ3v) is 8.38. The van der Waals surface area contributed by atoms with Crippen LogP contribution in [-0.4, -0.2) is 55.0 Å². The van der Waals surface area contributed by atoms with E-state index in [9.17, 15) is 5.11 Å². The Bertz CT molecular complexity index is 1150. The van der Waals surface area contributed by atoms with Gasteiger partial charge in [-0.05, 0) is 62.1 Å². The van der Waals surface area contributed by atoms with E-state index in [1.807, 2.05) is 11.8 Å². The van der Waals surface area contributed by atoms with E-state index in [1.165, 1.54) is 32.3 Å². The maximum atomic E-state index is 9.56. The van der Waals surface area contributed by atoms with E-state index in [4.69, 9.17) is 4.98 Å². The molecule has 0 spiro atoms. The van der Waals surface area contributed by atoms with Gasteiger partial charge in [0.15, 0.2) is 0 Å². The van der Waals surface area contributed by atoms with Crippen LogP contribution >= 0.6 is 11.8 Å². The van der Waals surface area contributed by atoms with Gasteiger partial charge in [-0.25, -0.2) is 4.98 Å². The summed E-state index contributed by atoms with van der Waals surface area (Å²) in [5.74, 6) is 2.11. The number of nitrogens with zero attached hydrogens (tertiary/aromatic N) is 3. The van der Waals surface area contributed by atoms with E-state index >= 15 is 0 Å². The molecule has 4 heterocycles. The second kappa shape index (κ2) is 9.04. The van der Waals surface area contributed by atoms with Gasteiger partial charge in [0.1, 0.15) is 11.6 Å². The second-order valence-electron chi connectivity index (χ2n) is 9.48. The summed E-state index contributed by atoms with van der Waals surface area (Å²) in [4.78, 5) is 11.4. The summed E-state index contributed by atoms with van der Waals surface area (Å²) in [5, 5.41) is 18.0. The van der Waals surface area contributed by atoms with Gasteiger partial charge in [0, 0.05) is 47.7 Å². The van der Waals surface area contributed by atoms with E-state index < -0.39 is 0 Å². The Kier molecular flexibility index (Phi) is 5.89. The molecular weight excluding hydrogens is 442 g/mol. The number of nitrogens with one attached hydrogen (secondary N) is 2. The van der Waals surface area contributed by atoms with Crippen LogP contribution in [0.4, 0.5) is 17.3 Å². The number of aromatic nitrogens is 1. The number of aliphatic hydroxyl groups excluding tert-OH is 1. The highest BCUT2D eigenvalue weighted by Crippen LogP contribution is 2.61. The maximum Gasteiger partial charge on any atom is 0.148 e. The van der Waals surface area contributed by atoms with E-state index in [0.29, 0.717) is 6.54 Å². The Morgan fingerprint density at radius 2 is 2.06 bits per heavy atom. The Morgan fingerprint density at radius 3 is 2.88 bits per heavy atom. The minimum atomic E-state index is -0.0703. The second-order valence-corrected chi connectivity index (χ2v) is 10.5. The van der Waals surface area contributed by atoms with Crippen molar-refractivity contribution >= 4 is 34.7 Å². The molecule has 6 rings (SSSR count). The highest BCUT2D eigenvalue weighted by atomic mass is 32.2. The smallest absolute Gasteiger partial charge is 0.148 e. The quantitative estimate of drug-likeness (QED) is 0.577. The number of hydrogen-bond acceptors (Lipinski definition) is 7. The van der Waals surface area contributed by atoms with Gasteiger partial charge >= 0.3 is 0 Å². The Hall–Kier alpha value is -2.32. The molecule has 178 valence electrons. The molecule has 4 aliphatic rings. The lowest BCUT2D eigenvalue weighted by Crippen LogP contribution is -2.39. The molecule has 34 heavy (non-hydrogen) atoms. The summed E-state index contributed by atoms with van der Waals surface area (Å²) < 4.78 is 0. The van der Waals surface area contributed by atoms with Crippen molar-refractivity contribution in [1.29, 1.82) is 0 Å². The van der Waals surface area contributed by atoms with Gasteiger partial charge in [-0.1, -0.05) is 36.9 Å². The topological polar surface area (TPSA) is 63.7 Å². The lowest BCUT2D eigenvalue weighted by Gasteiger charge is -2.36. The van der Waals surface area contributed by atoms with Crippen LogP contribution in [0.2, 0.25) is 0 Å². The van der Waals surface area contributed by atoms with Gasteiger partial charge in [-0.2, -0.15) is 0 Å². The number of pyridine rings is 1. The zero-order valence-corrected chi connectivity index (χ0v) is 20.6. The van der Waals surface area contributed by atoms with Crippen LogP contribution in [0.1, 0.15) is 38.2 Å². The van der Waals surface area contributed by atoms with E-state index in [0.717, 1.165) is 63.5 Å². The summed E-state index contributed by atoms with van der Waals surface area (Å²) in [6, 6.07) is 13.2. The summed E-state index contributed by atoms with van der Waals surface area (Å²) in [5.41, 5.74) is 5.05. The zero-order chi connectivity index (χ0) is 23.1. The van der Waals surface area contributed by atoms with Gasteiger partial charge in [0.05, 0.1) is 17.3 Å². The monoisotopic (exact) mass is 475 g/mol. The van der Waals surface area contributed by atoms with Gasteiger partial charge in [0.2, 0.25) is 0 Å². The summed E-state index contributed by atoms with van der Waals surface area (Å²) >= 11 is 1.87. The molecule has 0 radical (unpaired) electrons. The van der Waals surface area contributed by atoms with Gasteiger partial charge < -0.3 is 20.6 Å². The van der Waals surface area contributed by atoms with E-state index in [2.05, 4.69) is 69.8 Å². The highest BCUT2D eigenvalue weighted by molar-refractivity contribution is 8.03. The number of aliphatic hydroxyl groups is 1. The molecule has 3 N–H and O–H groups in total. The van der Waals surface area contributed by atoms with Crippen LogP contribution in [0.25, 0.3) is 5.57 Å². The fourth-order valence-electron chi connectivity index (χ4n) is 5.49. The van der Waals surface area contributed by atoms with Crippen molar-refractivity contribution in [2.45, 2.75) is 43.0 Å². The molecule has 1 aromatic carbocycles. The first kappa shape index (κ1) is 22.2. The fourth-order valence-corrected chi connectivity index (χ4v) is 6.80. The third-order valence-electron chi connectivity index (χ3n) is 7.24. The van der Waals surface area contributed by atoms with Crippen LogP contribution in [-0.2, 0) is 0 Å². The number of hydrogen-bond donors (Lipinski definition) is 3. The fraction of sp³-hybridized carbons (Fsp3) is 0.444. The van der Waals surface area contributed by atoms with Gasteiger partial charge in [-0.15, -0.1) is 0 Å². The molecule has 1 aliphatic carbocycles. The number of benzene rings is 1. The number of thioether (sulfide) groups is 1. The molecule has 1 saturated heterocycles. The number of para-hydroxylation sites is 1. The highest BCUT2D eigenvalue weighted by Gasteiger charge is 2.52. The Labute approximate surface area is 206 Å². The SMILES string of the molecule is CC/C=C1/C(C2(NCCO)CC2)=C2Sc3ccccc3N2c2nc(N3CCCNCC3)ccc21. The molecule has 1 aromatic heterocycles.